The Labute approximate surface area is 169 Å². The standard InChI is InChI=1S/C19H24ClN5O3/c1-12-6-17(28-11-14-9-21-4-3-5-27-14)16(7-15(12)20)24-19(26)25-18-10-22-13(2)8-23-18/h6-8,10,14,21H,3-5,9,11H2,1-2H3,(H2,23,24,25,26). The van der Waals surface area contributed by atoms with E-state index in [4.69, 9.17) is 21.1 Å². The van der Waals surface area contributed by atoms with Gasteiger partial charge in [0.05, 0.1) is 23.8 Å². The molecule has 2 aromatic rings. The van der Waals surface area contributed by atoms with E-state index >= 15 is 0 Å². The summed E-state index contributed by atoms with van der Waals surface area (Å²) < 4.78 is 11.7. The number of urea groups is 1. The number of hydrogen-bond donors (Lipinski definition) is 3. The first kappa shape index (κ1) is 20.3. The minimum atomic E-state index is -0.463. The van der Waals surface area contributed by atoms with Gasteiger partial charge < -0.3 is 20.1 Å². The number of nitrogens with one attached hydrogen (secondary N) is 3. The highest BCUT2D eigenvalue weighted by atomic mass is 35.5. The van der Waals surface area contributed by atoms with Gasteiger partial charge in [0.1, 0.15) is 18.5 Å². The molecule has 1 aromatic carbocycles. The van der Waals surface area contributed by atoms with Crippen molar-refractivity contribution >= 4 is 29.1 Å². The van der Waals surface area contributed by atoms with Crippen molar-refractivity contribution in [3.63, 3.8) is 0 Å². The van der Waals surface area contributed by atoms with Crippen molar-refractivity contribution in [2.45, 2.75) is 26.4 Å². The van der Waals surface area contributed by atoms with Gasteiger partial charge in [-0.3, -0.25) is 10.3 Å². The topological polar surface area (TPSA) is 97.4 Å². The number of nitrogens with zero attached hydrogens (tertiary/aromatic N) is 2. The minimum Gasteiger partial charge on any atom is -0.489 e. The van der Waals surface area contributed by atoms with Gasteiger partial charge in [-0.2, -0.15) is 0 Å². The van der Waals surface area contributed by atoms with Gasteiger partial charge in [-0.1, -0.05) is 11.6 Å². The predicted octanol–water partition coefficient (Wildman–Crippen LogP) is 3.15. The first-order valence-electron chi connectivity index (χ1n) is 9.13. The number of carbonyl (C=O) groups is 1. The monoisotopic (exact) mass is 405 g/mol. The molecule has 8 nitrogen and oxygen atoms in total. The predicted molar refractivity (Wildman–Crippen MR) is 108 cm³/mol. The molecule has 0 spiro atoms. The maximum Gasteiger partial charge on any atom is 0.325 e. The largest absolute Gasteiger partial charge is 0.489 e. The van der Waals surface area contributed by atoms with Gasteiger partial charge in [-0.05, 0) is 44.5 Å². The van der Waals surface area contributed by atoms with Crippen LogP contribution in [0, 0.1) is 13.8 Å². The van der Waals surface area contributed by atoms with E-state index in [-0.39, 0.29) is 6.10 Å². The van der Waals surface area contributed by atoms with Gasteiger partial charge in [0, 0.05) is 18.2 Å². The van der Waals surface area contributed by atoms with Crippen molar-refractivity contribution in [2.75, 3.05) is 36.9 Å². The van der Waals surface area contributed by atoms with Crippen molar-refractivity contribution in [3.8, 4) is 5.75 Å². The lowest BCUT2D eigenvalue weighted by molar-refractivity contribution is 0.0326. The Hall–Kier alpha value is -2.42. The number of aryl methyl sites for hydroxylation is 2. The maximum absolute atomic E-state index is 12.3. The Morgan fingerprint density at radius 3 is 2.96 bits per heavy atom. The highest BCUT2D eigenvalue weighted by Gasteiger charge is 2.16. The van der Waals surface area contributed by atoms with E-state index in [2.05, 4.69) is 25.9 Å². The molecule has 28 heavy (non-hydrogen) atoms. The molecule has 2 heterocycles. The molecule has 1 aliphatic heterocycles. The van der Waals surface area contributed by atoms with Crippen LogP contribution in [0.25, 0.3) is 0 Å². The number of anilines is 2. The highest BCUT2D eigenvalue weighted by molar-refractivity contribution is 6.31. The second kappa shape index (κ2) is 9.68. The quantitative estimate of drug-likeness (QED) is 0.707. The molecule has 0 saturated carbocycles. The lowest BCUT2D eigenvalue weighted by atomic mass is 10.2. The van der Waals surface area contributed by atoms with Gasteiger partial charge in [0.15, 0.2) is 5.82 Å². The van der Waals surface area contributed by atoms with Crippen molar-refractivity contribution in [1.29, 1.82) is 0 Å². The van der Waals surface area contributed by atoms with Crippen LogP contribution in [-0.4, -0.2) is 48.4 Å². The highest BCUT2D eigenvalue weighted by Crippen LogP contribution is 2.31. The first-order chi connectivity index (χ1) is 13.5. The number of ether oxygens (including phenoxy) is 2. The molecule has 1 aromatic heterocycles. The summed E-state index contributed by atoms with van der Waals surface area (Å²) in [5, 5.41) is 9.24. The molecule has 0 bridgehead atoms. The summed E-state index contributed by atoms with van der Waals surface area (Å²) in [5.74, 6) is 0.876. The Kier molecular flexibility index (Phi) is 7.02. The fourth-order valence-corrected chi connectivity index (χ4v) is 2.82. The fourth-order valence-electron chi connectivity index (χ4n) is 2.66. The number of aromatic nitrogens is 2. The van der Waals surface area contributed by atoms with E-state index in [9.17, 15) is 4.79 Å². The van der Waals surface area contributed by atoms with Gasteiger partial charge in [0.25, 0.3) is 0 Å². The van der Waals surface area contributed by atoms with E-state index in [1.807, 2.05) is 13.8 Å². The molecule has 9 heteroatoms. The van der Waals surface area contributed by atoms with E-state index in [0.717, 1.165) is 30.8 Å². The first-order valence-corrected chi connectivity index (χ1v) is 9.51. The Morgan fingerprint density at radius 2 is 2.18 bits per heavy atom. The lowest BCUT2D eigenvalue weighted by Gasteiger charge is -2.19. The van der Waals surface area contributed by atoms with Crippen molar-refractivity contribution in [1.82, 2.24) is 15.3 Å². The molecule has 3 rings (SSSR count). The molecule has 1 atom stereocenters. The second-order valence-electron chi connectivity index (χ2n) is 6.58. The number of benzene rings is 1. The number of hydrogen-bond acceptors (Lipinski definition) is 6. The zero-order valence-electron chi connectivity index (χ0n) is 15.9. The Morgan fingerprint density at radius 1 is 1.32 bits per heavy atom. The number of amides is 2. The van der Waals surface area contributed by atoms with Gasteiger partial charge >= 0.3 is 6.03 Å². The van der Waals surface area contributed by atoms with Crippen LogP contribution in [0.4, 0.5) is 16.3 Å². The summed E-state index contributed by atoms with van der Waals surface area (Å²) in [6.07, 6.45) is 3.99. The van der Waals surface area contributed by atoms with Crippen molar-refractivity contribution < 1.29 is 14.3 Å². The maximum atomic E-state index is 12.3. The third kappa shape index (κ3) is 5.79. The molecule has 3 N–H and O–H groups in total. The van der Waals surface area contributed by atoms with E-state index < -0.39 is 6.03 Å². The zero-order valence-corrected chi connectivity index (χ0v) is 16.7. The summed E-state index contributed by atoms with van der Waals surface area (Å²) in [6, 6.07) is 3.00. The van der Waals surface area contributed by atoms with Crippen LogP contribution >= 0.6 is 11.6 Å². The molecular formula is C19H24ClN5O3. The smallest absolute Gasteiger partial charge is 0.325 e. The van der Waals surface area contributed by atoms with E-state index in [0.29, 0.717) is 35.5 Å². The van der Waals surface area contributed by atoms with Crippen LogP contribution < -0.4 is 20.7 Å². The lowest BCUT2D eigenvalue weighted by Crippen LogP contribution is -2.31. The SMILES string of the molecule is Cc1cnc(NC(=O)Nc2cc(Cl)c(C)cc2OCC2CNCCCO2)cn1. The van der Waals surface area contributed by atoms with Gasteiger partial charge in [-0.15, -0.1) is 0 Å². The molecule has 1 aliphatic rings. The van der Waals surface area contributed by atoms with Gasteiger partial charge in [-0.25, -0.2) is 9.78 Å². The molecule has 0 aliphatic carbocycles. The van der Waals surface area contributed by atoms with E-state index in [1.165, 1.54) is 6.20 Å². The average molecular weight is 406 g/mol. The van der Waals surface area contributed by atoms with Crippen LogP contribution in [0.2, 0.25) is 5.02 Å². The molecule has 1 fully saturated rings. The number of halogens is 1. The van der Waals surface area contributed by atoms with Crippen LogP contribution in [-0.2, 0) is 4.74 Å². The summed E-state index contributed by atoms with van der Waals surface area (Å²) in [6.45, 7) is 6.43. The Bertz CT molecular complexity index is 808. The Balaban J connectivity index is 1.67. The van der Waals surface area contributed by atoms with Crippen molar-refractivity contribution in [3.05, 3.63) is 40.8 Å². The number of rotatable bonds is 5. The fraction of sp³-hybridized carbons (Fsp3) is 0.421. The van der Waals surface area contributed by atoms with Crippen LogP contribution in [0.15, 0.2) is 24.5 Å². The molecular weight excluding hydrogens is 382 g/mol. The van der Waals surface area contributed by atoms with Gasteiger partial charge in [0.2, 0.25) is 0 Å². The normalized spacial score (nSPS) is 16.9. The van der Waals surface area contributed by atoms with Crippen LogP contribution in [0.3, 0.4) is 0 Å². The summed E-state index contributed by atoms with van der Waals surface area (Å²) in [4.78, 5) is 20.5. The van der Waals surface area contributed by atoms with Crippen LogP contribution in [0.5, 0.6) is 5.75 Å². The molecule has 2 amide bonds. The van der Waals surface area contributed by atoms with Crippen LogP contribution in [0.1, 0.15) is 17.7 Å². The number of carbonyl (C=O) groups excluding carboxylic acids is 1. The molecule has 1 unspecified atom stereocenters. The third-order valence-corrected chi connectivity index (χ3v) is 4.59. The van der Waals surface area contributed by atoms with Crippen molar-refractivity contribution in [2.24, 2.45) is 0 Å². The average Bonchev–Trinajstić information content (AvgIpc) is 2.94. The molecule has 0 radical (unpaired) electrons. The summed E-state index contributed by atoms with van der Waals surface area (Å²) in [5.41, 5.74) is 2.09. The molecule has 1 saturated heterocycles. The molecule has 150 valence electrons. The summed E-state index contributed by atoms with van der Waals surface area (Å²) >= 11 is 6.23. The zero-order chi connectivity index (χ0) is 19.9. The summed E-state index contributed by atoms with van der Waals surface area (Å²) in [7, 11) is 0. The second-order valence-corrected chi connectivity index (χ2v) is 6.99. The third-order valence-electron chi connectivity index (χ3n) is 4.18. The minimum absolute atomic E-state index is 0.0528. The van der Waals surface area contributed by atoms with E-state index in [1.54, 1.807) is 18.3 Å².